The molecule has 2 aromatic carbocycles. The topological polar surface area (TPSA) is 57.7 Å². The average molecular weight is 346 g/mol. The SMILES string of the molecule is CCCCN(CC)C(=O)CN1c2cccc3cccc(c23)S1(=O)=O. The zero-order chi connectivity index (χ0) is 17.3. The molecule has 5 nitrogen and oxygen atoms in total. The number of hydrogen-bond acceptors (Lipinski definition) is 3. The van der Waals surface area contributed by atoms with Gasteiger partial charge in [-0.1, -0.05) is 37.6 Å². The molecule has 0 aliphatic carbocycles. The Morgan fingerprint density at radius 2 is 1.83 bits per heavy atom. The van der Waals surface area contributed by atoms with E-state index < -0.39 is 10.0 Å². The van der Waals surface area contributed by atoms with Crippen molar-refractivity contribution in [2.45, 2.75) is 31.6 Å². The number of rotatable bonds is 6. The molecular weight excluding hydrogens is 324 g/mol. The van der Waals surface area contributed by atoms with Crippen LogP contribution in [0, 0.1) is 0 Å². The standard InChI is InChI=1S/C18H22N2O3S/c1-3-5-12-19(4-2)17(21)13-20-15-10-6-8-14-9-7-11-16(18(14)15)24(20,22)23/h6-11H,3-5,12-13H2,1-2H3. The predicted molar refractivity (Wildman–Crippen MR) is 95.6 cm³/mol. The highest BCUT2D eigenvalue weighted by Crippen LogP contribution is 2.41. The molecule has 3 rings (SSSR count). The maximum atomic E-state index is 12.9. The summed E-state index contributed by atoms with van der Waals surface area (Å²) in [6, 6.07) is 10.7. The summed E-state index contributed by atoms with van der Waals surface area (Å²) in [4.78, 5) is 14.6. The predicted octanol–water partition coefficient (Wildman–Crippen LogP) is 3.00. The third-order valence-corrected chi connectivity index (χ3v) is 6.28. The van der Waals surface area contributed by atoms with Crippen molar-refractivity contribution in [1.29, 1.82) is 0 Å². The number of unbranched alkanes of at least 4 members (excludes halogenated alkanes) is 1. The number of carbonyl (C=O) groups is 1. The molecule has 0 aromatic heterocycles. The van der Waals surface area contributed by atoms with Crippen molar-refractivity contribution < 1.29 is 13.2 Å². The zero-order valence-electron chi connectivity index (χ0n) is 14.0. The van der Waals surface area contributed by atoms with Gasteiger partial charge in [0.05, 0.1) is 10.6 Å². The number of hydrogen-bond donors (Lipinski definition) is 0. The van der Waals surface area contributed by atoms with Gasteiger partial charge in [0.1, 0.15) is 6.54 Å². The van der Waals surface area contributed by atoms with Gasteiger partial charge in [-0.05, 0) is 30.9 Å². The third-order valence-electron chi connectivity index (χ3n) is 4.48. The van der Waals surface area contributed by atoms with E-state index >= 15 is 0 Å². The molecule has 0 radical (unpaired) electrons. The molecule has 0 N–H and O–H groups in total. The van der Waals surface area contributed by atoms with Crippen LogP contribution in [0.3, 0.4) is 0 Å². The highest BCUT2D eigenvalue weighted by Gasteiger charge is 2.37. The minimum Gasteiger partial charge on any atom is -0.341 e. The first-order valence-corrected chi connectivity index (χ1v) is 9.77. The highest BCUT2D eigenvalue weighted by atomic mass is 32.2. The molecule has 0 atom stereocenters. The Morgan fingerprint density at radius 3 is 2.50 bits per heavy atom. The Bertz CT molecular complexity index is 872. The molecule has 1 aliphatic rings. The van der Waals surface area contributed by atoms with Crippen LogP contribution in [0.4, 0.5) is 5.69 Å². The molecule has 0 fully saturated rings. The molecule has 0 bridgehead atoms. The van der Waals surface area contributed by atoms with E-state index in [9.17, 15) is 13.2 Å². The number of nitrogens with zero attached hydrogens (tertiary/aromatic N) is 2. The van der Waals surface area contributed by atoms with E-state index in [1.165, 1.54) is 4.31 Å². The van der Waals surface area contributed by atoms with Crippen molar-refractivity contribution >= 4 is 32.4 Å². The van der Waals surface area contributed by atoms with Gasteiger partial charge in [-0.25, -0.2) is 8.42 Å². The van der Waals surface area contributed by atoms with Gasteiger partial charge in [0, 0.05) is 18.5 Å². The molecule has 1 heterocycles. The summed E-state index contributed by atoms with van der Waals surface area (Å²) in [6.45, 7) is 5.09. The fourth-order valence-electron chi connectivity index (χ4n) is 3.16. The summed E-state index contributed by atoms with van der Waals surface area (Å²) >= 11 is 0. The van der Waals surface area contributed by atoms with Crippen LogP contribution < -0.4 is 4.31 Å². The lowest BCUT2D eigenvalue weighted by Crippen LogP contribution is -2.42. The lowest BCUT2D eigenvalue weighted by atomic mass is 10.1. The Balaban J connectivity index is 1.96. The van der Waals surface area contributed by atoms with E-state index in [-0.39, 0.29) is 12.5 Å². The monoisotopic (exact) mass is 346 g/mol. The summed E-state index contributed by atoms with van der Waals surface area (Å²) in [5, 5.41) is 1.59. The molecule has 0 saturated carbocycles. The second-order valence-corrected chi connectivity index (χ2v) is 7.80. The molecule has 0 saturated heterocycles. The summed E-state index contributed by atoms with van der Waals surface area (Å²) in [5.41, 5.74) is 0.600. The summed E-state index contributed by atoms with van der Waals surface area (Å²) < 4.78 is 27.0. The molecule has 24 heavy (non-hydrogen) atoms. The van der Waals surface area contributed by atoms with Crippen molar-refractivity contribution in [3.8, 4) is 0 Å². The largest absolute Gasteiger partial charge is 0.341 e. The normalized spacial score (nSPS) is 15.0. The molecule has 128 valence electrons. The minimum atomic E-state index is -3.67. The average Bonchev–Trinajstić information content (AvgIpc) is 2.79. The van der Waals surface area contributed by atoms with Crippen LogP contribution in [-0.4, -0.2) is 38.9 Å². The number of likely N-dealkylation sites (N-methyl/N-ethyl adjacent to an activating group) is 1. The van der Waals surface area contributed by atoms with Crippen molar-refractivity contribution in [3.05, 3.63) is 36.4 Å². The van der Waals surface area contributed by atoms with Gasteiger partial charge in [0.15, 0.2) is 0 Å². The quantitative estimate of drug-likeness (QED) is 0.808. The first kappa shape index (κ1) is 16.8. The Labute approximate surface area is 142 Å². The molecule has 1 amide bonds. The minimum absolute atomic E-state index is 0.145. The highest BCUT2D eigenvalue weighted by molar-refractivity contribution is 7.93. The summed E-state index contributed by atoms with van der Waals surface area (Å²) in [5.74, 6) is -0.153. The Hall–Kier alpha value is -2.08. The van der Waals surface area contributed by atoms with E-state index in [1.54, 1.807) is 23.1 Å². The van der Waals surface area contributed by atoms with E-state index in [1.807, 2.05) is 25.1 Å². The molecule has 6 heteroatoms. The third kappa shape index (κ3) is 2.65. The Morgan fingerprint density at radius 1 is 1.12 bits per heavy atom. The lowest BCUT2D eigenvalue weighted by molar-refractivity contribution is -0.129. The van der Waals surface area contributed by atoms with Crippen molar-refractivity contribution in [1.82, 2.24) is 4.90 Å². The molecular formula is C18H22N2O3S. The molecule has 2 aromatic rings. The van der Waals surface area contributed by atoms with Crippen LogP contribution in [0.15, 0.2) is 41.3 Å². The van der Waals surface area contributed by atoms with Crippen LogP contribution in [0.5, 0.6) is 0 Å². The number of benzene rings is 2. The van der Waals surface area contributed by atoms with Gasteiger partial charge >= 0.3 is 0 Å². The van der Waals surface area contributed by atoms with Gasteiger partial charge in [-0.2, -0.15) is 0 Å². The summed E-state index contributed by atoms with van der Waals surface area (Å²) in [7, 11) is -3.67. The second-order valence-electron chi connectivity index (χ2n) is 5.97. The first-order valence-electron chi connectivity index (χ1n) is 8.33. The molecule has 0 spiro atoms. The molecule has 1 aliphatic heterocycles. The second kappa shape index (κ2) is 6.43. The van der Waals surface area contributed by atoms with Gasteiger partial charge in [-0.3, -0.25) is 9.10 Å². The van der Waals surface area contributed by atoms with E-state index in [0.717, 1.165) is 18.2 Å². The summed E-state index contributed by atoms with van der Waals surface area (Å²) in [6.07, 6.45) is 1.92. The van der Waals surface area contributed by atoms with Gasteiger partial charge in [0.25, 0.3) is 10.0 Å². The van der Waals surface area contributed by atoms with Crippen LogP contribution in [0.25, 0.3) is 10.8 Å². The fourth-order valence-corrected chi connectivity index (χ4v) is 4.82. The fraction of sp³-hybridized carbons (Fsp3) is 0.389. The number of carbonyl (C=O) groups excluding carboxylic acids is 1. The van der Waals surface area contributed by atoms with Crippen molar-refractivity contribution in [2.24, 2.45) is 0 Å². The zero-order valence-corrected chi connectivity index (χ0v) is 14.8. The number of amides is 1. The van der Waals surface area contributed by atoms with Gasteiger partial charge in [0.2, 0.25) is 5.91 Å². The lowest BCUT2D eigenvalue weighted by Gasteiger charge is -2.25. The van der Waals surface area contributed by atoms with Crippen molar-refractivity contribution in [2.75, 3.05) is 23.9 Å². The maximum Gasteiger partial charge on any atom is 0.265 e. The van der Waals surface area contributed by atoms with E-state index in [4.69, 9.17) is 0 Å². The van der Waals surface area contributed by atoms with Crippen LogP contribution in [-0.2, 0) is 14.8 Å². The van der Waals surface area contributed by atoms with Crippen LogP contribution in [0.1, 0.15) is 26.7 Å². The maximum absolute atomic E-state index is 12.9. The van der Waals surface area contributed by atoms with Gasteiger partial charge < -0.3 is 4.90 Å². The Kier molecular flexibility index (Phi) is 4.49. The van der Waals surface area contributed by atoms with Crippen LogP contribution >= 0.6 is 0 Å². The van der Waals surface area contributed by atoms with Crippen molar-refractivity contribution in [3.63, 3.8) is 0 Å². The first-order chi connectivity index (χ1) is 11.5. The van der Waals surface area contributed by atoms with Gasteiger partial charge in [-0.15, -0.1) is 0 Å². The number of anilines is 1. The smallest absolute Gasteiger partial charge is 0.265 e. The molecule has 0 unspecified atom stereocenters. The number of sulfonamides is 1. The van der Waals surface area contributed by atoms with E-state index in [0.29, 0.717) is 29.1 Å². The van der Waals surface area contributed by atoms with E-state index in [2.05, 4.69) is 6.92 Å². The van der Waals surface area contributed by atoms with Crippen LogP contribution in [0.2, 0.25) is 0 Å².